The number of aromatic nitrogens is 1. The van der Waals surface area contributed by atoms with E-state index in [0.29, 0.717) is 6.61 Å². The Kier molecular flexibility index (Phi) is 4.37. The van der Waals surface area contributed by atoms with Crippen LogP contribution in [0, 0.1) is 11.3 Å². The maximum atomic E-state index is 11.6. The van der Waals surface area contributed by atoms with E-state index in [1.54, 1.807) is 0 Å². The number of nitrogens with one attached hydrogen (secondary N) is 1. The number of pyridine rings is 1. The number of methoxy groups -OCH3 is 1. The first kappa shape index (κ1) is 12.6. The summed E-state index contributed by atoms with van der Waals surface area (Å²) in [5.74, 6) is 0. The highest BCUT2D eigenvalue weighted by atomic mass is 32.2. The number of rotatable bonds is 5. The molecule has 1 aromatic heterocycles. The van der Waals surface area contributed by atoms with Crippen molar-refractivity contribution in [3.8, 4) is 6.07 Å². The summed E-state index contributed by atoms with van der Waals surface area (Å²) in [6.07, 6.45) is 1.15. The zero-order valence-electron chi connectivity index (χ0n) is 8.67. The molecule has 6 nitrogen and oxygen atoms in total. The van der Waals surface area contributed by atoms with E-state index in [9.17, 15) is 8.42 Å². The summed E-state index contributed by atoms with van der Waals surface area (Å²) in [5, 5.41) is 8.51. The van der Waals surface area contributed by atoms with E-state index in [-0.39, 0.29) is 17.1 Å². The smallest absolute Gasteiger partial charge is 0.242 e. The van der Waals surface area contributed by atoms with Gasteiger partial charge in [0.25, 0.3) is 0 Å². The Balaban J connectivity index is 2.79. The first-order chi connectivity index (χ1) is 7.60. The average molecular weight is 241 g/mol. The lowest BCUT2D eigenvalue weighted by atomic mass is 10.4. The maximum absolute atomic E-state index is 11.6. The fourth-order valence-corrected chi connectivity index (χ4v) is 1.92. The molecule has 1 N–H and O–H groups in total. The monoisotopic (exact) mass is 241 g/mol. The van der Waals surface area contributed by atoms with Gasteiger partial charge in [0.1, 0.15) is 16.7 Å². The van der Waals surface area contributed by atoms with Crippen molar-refractivity contribution in [2.45, 2.75) is 4.90 Å². The highest BCUT2D eigenvalue weighted by Crippen LogP contribution is 2.06. The van der Waals surface area contributed by atoms with E-state index in [2.05, 4.69) is 9.71 Å². The topological polar surface area (TPSA) is 92.1 Å². The number of hydrogen-bond donors (Lipinski definition) is 1. The number of sulfonamides is 1. The molecule has 0 aliphatic carbocycles. The van der Waals surface area contributed by atoms with Gasteiger partial charge in [-0.1, -0.05) is 0 Å². The Bertz CT molecular complexity index is 476. The fourth-order valence-electron chi connectivity index (χ4n) is 0.967. The minimum atomic E-state index is -3.56. The number of ether oxygens (including phenoxy) is 1. The van der Waals surface area contributed by atoms with Crippen molar-refractivity contribution < 1.29 is 13.2 Å². The summed E-state index contributed by atoms with van der Waals surface area (Å²) in [6.45, 7) is 0.488. The summed E-state index contributed by atoms with van der Waals surface area (Å²) in [4.78, 5) is 3.71. The Morgan fingerprint density at radius 1 is 1.56 bits per heavy atom. The van der Waals surface area contributed by atoms with E-state index < -0.39 is 10.0 Å². The van der Waals surface area contributed by atoms with E-state index in [1.807, 2.05) is 6.07 Å². The van der Waals surface area contributed by atoms with E-state index in [0.717, 1.165) is 6.20 Å². The summed E-state index contributed by atoms with van der Waals surface area (Å²) in [5.41, 5.74) is 0.177. The Morgan fingerprint density at radius 2 is 2.31 bits per heavy atom. The van der Waals surface area contributed by atoms with Crippen LogP contribution in [0.4, 0.5) is 0 Å². The maximum Gasteiger partial charge on any atom is 0.242 e. The molecule has 86 valence electrons. The third kappa shape index (κ3) is 3.27. The van der Waals surface area contributed by atoms with Crippen LogP contribution >= 0.6 is 0 Å². The second-order valence-electron chi connectivity index (χ2n) is 2.88. The van der Waals surface area contributed by atoms with Gasteiger partial charge < -0.3 is 4.74 Å². The van der Waals surface area contributed by atoms with E-state index in [1.165, 1.54) is 19.2 Å². The van der Waals surface area contributed by atoms with Crippen LogP contribution in [0.15, 0.2) is 23.2 Å². The third-order valence-electron chi connectivity index (χ3n) is 1.76. The minimum absolute atomic E-state index is 0.0302. The van der Waals surface area contributed by atoms with E-state index in [4.69, 9.17) is 10.00 Å². The zero-order valence-corrected chi connectivity index (χ0v) is 9.49. The molecule has 0 aromatic carbocycles. The van der Waals surface area contributed by atoms with Crippen molar-refractivity contribution in [2.24, 2.45) is 0 Å². The number of hydrogen-bond acceptors (Lipinski definition) is 5. The Hall–Kier alpha value is -1.49. The van der Waals surface area contributed by atoms with Crippen molar-refractivity contribution in [3.63, 3.8) is 0 Å². The lowest BCUT2D eigenvalue weighted by molar-refractivity contribution is 0.204. The van der Waals surface area contributed by atoms with Crippen molar-refractivity contribution >= 4 is 10.0 Å². The molecule has 0 unspecified atom stereocenters. The summed E-state index contributed by atoms with van der Waals surface area (Å²) >= 11 is 0. The van der Waals surface area contributed by atoms with Crippen LogP contribution in [-0.4, -0.2) is 33.7 Å². The second kappa shape index (κ2) is 5.55. The Morgan fingerprint density at radius 3 is 2.81 bits per heavy atom. The molecule has 7 heteroatoms. The van der Waals surface area contributed by atoms with Gasteiger partial charge in [0.2, 0.25) is 10.0 Å². The SMILES string of the molecule is COCCNS(=O)(=O)c1ccc(C#N)nc1. The Labute approximate surface area is 93.9 Å². The van der Waals surface area contributed by atoms with Gasteiger partial charge in [-0.15, -0.1) is 0 Å². The minimum Gasteiger partial charge on any atom is -0.383 e. The first-order valence-electron chi connectivity index (χ1n) is 4.45. The largest absolute Gasteiger partial charge is 0.383 e. The molecule has 0 bridgehead atoms. The molecule has 1 rings (SSSR count). The molecule has 0 amide bonds. The normalized spacial score (nSPS) is 11.0. The van der Waals surface area contributed by atoms with Crippen LogP contribution in [0.2, 0.25) is 0 Å². The highest BCUT2D eigenvalue weighted by molar-refractivity contribution is 7.89. The third-order valence-corrected chi connectivity index (χ3v) is 3.21. The molecular weight excluding hydrogens is 230 g/mol. The van der Waals surface area contributed by atoms with Gasteiger partial charge in [-0.3, -0.25) is 0 Å². The molecule has 0 saturated heterocycles. The number of nitrogens with zero attached hydrogens (tertiary/aromatic N) is 2. The predicted octanol–water partition coefficient (Wildman–Crippen LogP) is -0.122. The average Bonchev–Trinajstić information content (AvgIpc) is 2.29. The first-order valence-corrected chi connectivity index (χ1v) is 5.93. The van der Waals surface area contributed by atoms with Crippen LogP contribution in [0.5, 0.6) is 0 Å². The zero-order chi connectivity index (χ0) is 12.0. The highest BCUT2D eigenvalue weighted by Gasteiger charge is 2.13. The molecule has 0 saturated carbocycles. The van der Waals surface area contributed by atoms with Gasteiger partial charge in [-0.05, 0) is 12.1 Å². The van der Waals surface area contributed by atoms with Crippen LogP contribution in [0.3, 0.4) is 0 Å². The van der Waals surface area contributed by atoms with Crippen molar-refractivity contribution in [1.82, 2.24) is 9.71 Å². The van der Waals surface area contributed by atoms with Gasteiger partial charge in [0.05, 0.1) is 6.61 Å². The number of nitriles is 1. The van der Waals surface area contributed by atoms with Gasteiger partial charge >= 0.3 is 0 Å². The molecule has 0 fully saturated rings. The molecule has 0 aliphatic heterocycles. The van der Waals surface area contributed by atoms with E-state index >= 15 is 0 Å². The van der Waals surface area contributed by atoms with Crippen molar-refractivity contribution in [1.29, 1.82) is 5.26 Å². The van der Waals surface area contributed by atoms with Crippen LogP contribution in [-0.2, 0) is 14.8 Å². The second-order valence-corrected chi connectivity index (χ2v) is 4.65. The van der Waals surface area contributed by atoms with Gasteiger partial charge in [0.15, 0.2) is 0 Å². The quantitative estimate of drug-likeness (QED) is 0.725. The van der Waals surface area contributed by atoms with Crippen molar-refractivity contribution in [2.75, 3.05) is 20.3 Å². The lowest BCUT2D eigenvalue weighted by Crippen LogP contribution is -2.27. The molecule has 1 aromatic rings. The molecule has 0 atom stereocenters. The van der Waals surface area contributed by atoms with Gasteiger partial charge in [-0.2, -0.15) is 5.26 Å². The lowest BCUT2D eigenvalue weighted by Gasteiger charge is -2.05. The van der Waals surface area contributed by atoms with Crippen LogP contribution in [0.25, 0.3) is 0 Å². The molecular formula is C9H11N3O3S. The van der Waals surface area contributed by atoms with Gasteiger partial charge in [-0.25, -0.2) is 18.1 Å². The summed E-state index contributed by atoms with van der Waals surface area (Å²) < 4.78 is 30.3. The summed E-state index contributed by atoms with van der Waals surface area (Å²) in [6, 6.07) is 4.50. The van der Waals surface area contributed by atoms with Gasteiger partial charge in [0, 0.05) is 19.9 Å². The standard InChI is InChI=1S/C9H11N3O3S/c1-15-5-4-12-16(13,14)9-3-2-8(6-10)11-7-9/h2-3,7,12H,4-5H2,1H3. The van der Waals surface area contributed by atoms with Crippen LogP contribution in [0.1, 0.15) is 5.69 Å². The molecule has 0 radical (unpaired) electrons. The predicted molar refractivity (Wildman–Crippen MR) is 56.0 cm³/mol. The fraction of sp³-hybridized carbons (Fsp3) is 0.333. The molecule has 0 aliphatic rings. The van der Waals surface area contributed by atoms with Crippen molar-refractivity contribution in [3.05, 3.63) is 24.0 Å². The molecule has 16 heavy (non-hydrogen) atoms. The van der Waals surface area contributed by atoms with Crippen LogP contribution < -0.4 is 4.72 Å². The molecule has 1 heterocycles. The summed E-state index contributed by atoms with van der Waals surface area (Å²) in [7, 11) is -2.08. The molecule has 0 spiro atoms.